The van der Waals surface area contributed by atoms with E-state index in [4.69, 9.17) is 21.7 Å². The molecule has 1 atom stereocenters. The lowest BCUT2D eigenvalue weighted by atomic mass is 9.89. The molecule has 0 aliphatic carbocycles. The average Bonchev–Trinajstić information content (AvgIpc) is 2.53. The molecule has 1 aliphatic rings. The van der Waals surface area contributed by atoms with Gasteiger partial charge in [0, 0.05) is 17.7 Å². The van der Waals surface area contributed by atoms with Crippen LogP contribution in [-0.4, -0.2) is 17.8 Å². The van der Waals surface area contributed by atoms with Crippen molar-refractivity contribution in [2.45, 2.75) is 38.8 Å². The number of aryl methyl sites for hydroxylation is 1. The first-order valence-electron chi connectivity index (χ1n) is 8.37. The lowest BCUT2D eigenvalue weighted by Crippen LogP contribution is -2.42. The molecular formula is C20H24N2O2S. The normalized spacial score (nSPS) is 17.8. The van der Waals surface area contributed by atoms with E-state index >= 15 is 0 Å². The summed E-state index contributed by atoms with van der Waals surface area (Å²) in [6.07, 6.45) is 0.808. The van der Waals surface area contributed by atoms with Crippen molar-refractivity contribution in [2.75, 3.05) is 12.4 Å². The molecule has 0 aromatic heterocycles. The lowest BCUT2D eigenvalue weighted by molar-refractivity contribution is 0.0695. The highest BCUT2D eigenvalue weighted by molar-refractivity contribution is 7.80. The predicted molar refractivity (Wildman–Crippen MR) is 106 cm³/mol. The molecule has 2 N–H and O–H groups in total. The molecule has 0 fully saturated rings. The third kappa shape index (κ3) is 4.23. The van der Waals surface area contributed by atoms with Crippen molar-refractivity contribution in [3.63, 3.8) is 0 Å². The summed E-state index contributed by atoms with van der Waals surface area (Å²) >= 11 is 5.53. The van der Waals surface area contributed by atoms with Crippen LogP contribution in [-0.2, 0) is 0 Å². The van der Waals surface area contributed by atoms with E-state index in [1.165, 1.54) is 5.56 Å². The second-order valence-corrected chi connectivity index (χ2v) is 7.40. The van der Waals surface area contributed by atoms with Crippen molar-refractivity contribution in [3.05, 3.63) is 53.6 Å². The fourth-order valence-electron chi connectivity index (χ4n) is 3.14. The van der Waals surface area contributed by atoms with Gasteiger partial charge in [-0.15, -0.1) is 0 Å². The van der Waals surface area contributed by atoms with E-state index in [0.29, 0.717) is 5.11 Å². The maximum Gasteiger partial charge on any atom is 0.171 e. The number of fused-ring (bicyclic) bond motifs is 1. The number of anilines is 1. The predicted octanol–water partition coefficient (Wildman–Crippen LogP) is 4.59. The zero-order valence-electron chi connectivity index (χ0n) is 15.1. The number of rotatable bonds is 3. The molecule has 0 amide bonds. The zero-order valence-corrected chi connectivity index (χ0v) is 15.9. The smallest absolute Gasteiger partial charge is 0.171 e. The summed E-state index contributed by atoms with van der Waals surface area (Å²) in [6.45, 7) is 6.24. The Hall–Kier alpha value is -2.27. The zero-order chi connectivity index (χ0) is 18.0. The third-order valence-corrected chi connectivity index (χ3v) is 4.48. The van der Waals surface area contributed by atoms with Crippen molar-refractivity contribution >= 4 is 23.0 Å². The van der Waals surface area contributed by atoms with Gasteiger partial charge in [-0.25, -0.2) is 0 Å². The number of methoxy groups -OCH3 is 1. The summed E-state index contributed by atoms with van der Waals surface area (Å²) in [6, 6.07) is 14.1. The molecule has 1 unspecified atom stereocenters. The minimum atomic E-state index is -0.266. The molecule has 1 heterocycles. The number of hydrogen-bond acceptors (Lipinski definition) is 3. The van der Waals surface area contributed by atoms with Crippen LogP contribution in [0.4, 0.5) is 5.69 Å². The molecule has 0 saturated carbocycles. The van der Waals surface area contributed by atoms with Crippen molar-refractivity contribution in [1.29, 1.82) is 0 Å². The van der Waals surface area contributed by atoms with E-state index < -0.39 is 0 Å². The standard InChI is InChI=1S/C20H24N2O2S/c1-13-6-5-7-14(10-13)21-19(25)22-17-12-20(2,3)24-18-9-8-15(23-4)11-16(17)18/h5-11,17H,12H2,1-4H3,(H2,21,22,25). The Bertz CT molecular complexity index is 789. The van der Waals surface area contributed by atoms with E-state index in [0.717, 1.165) is 29.2 Å². The summed E-state index contributed by atoms with van der Waals surface area (Å²) in [5, 5.41) is 7.30. The van der Waals surface area contributed by atoms with Gasteiger partial charge < -0.3 is 20.1 Å². The van der Waals surface area contributed by atoms with Gasteiger partial charge in [-0.1, -0.05) is 12.1 Å². The van der Waals surface area contributed by atoms with Crippen molar-refractivity contribution in [1.82, 2.24) is 5.32 Å². The highest BCUT2D eigenvalue weighted by Gasteiger charge is 2.34. The van der Waals surface area contributed by atoms with E-state index in [9.17, 15) is 0 Å². The number of benzene rings is 2. The second-order valence-electron chi connectivity index (χ2n) is 6.99. The second kappa shape index (κ2) is 6.92. The number of hydrogen-bond donors (Lipinski definition) is 2. The minimum absolute atomic E-state index is 0.0543. The maximum absolute atomic E-state index is 6.11. The van der Waals surface area contributed by atoms with Crippen LogP contribution in [0.5, 0.6) is 11.5 Å². The van der Waals surface area contributed by atoms with Crippen LogP contribution in [0, 0.1) is 6.92 Å². The van der Waals surface area contributed by atoms with Gasteiger partial charge in [-0.2, -0.15) is 0 Å². The van der Waals surface area contributed by atoms with Gasteiger partial charge in [0.05, 0.1) is 13.2 Å². The van der Waals surface area contributed by atoms with Gasteiger partial charge in [0.1, 0.15) is 17.1 Å². The Morgan fingerprint density at radius 3 is 2.76 bits per heavy atom. The Labute approximate surface area is 154 Å². The Kier molecular flexibility index (Phi) is 4.86. The number of nitrogens with one attached hydrogen (secondary N) is 2. The van der Waals surface area contributed by atoms with Gasteiger partial charge in [-0.05, 0) is 68.9 Å². The molecule has 3 rings (SSSR count). The molecule has 0 bridgehead atoms. The third-order valence-electron chi connectivity index (χ3n) is 4.26. The monoisotopic (exact) mass is 356 g/mol. The molecule has 25 heavy (non-hydrogen) atoms. The Morgan fingerprint density at radius 2 is 2.04 bits per heavy atom. The molecule has 5 heteroatoms. The highest BCUT2D eigenvalue weighted by Crippen LogP contribution is 2.41. The van der Waals surface area contributed by atoms with Crippen LogP contribution in [0.1, 0.15) is 37.4 Å². The molecule has 1 aliphatic heterocycles. The fourth-order valence-corrected chi connectivity index (χ4v) is 3.40. The van der Waals surface area contributed by atoms with Gasteiger partial charge in [-0.3, -0.25) is 0 Å². The quantitative estimate of drug-likeness (QED) is 0.787. The summed E-state index contributed by atoms with van der Waals surface area (Å²) in [7, 11) is 1.67. The van der Waals surface area contributed by atoms with Crippen LogP contribution < -0.4 is 20.1 Å². The molecule has 0 saturated heterocycles. The summed E-state index contributed by atoms with van der Waals surface area (Å²) < 4.78 is 11.5. The lowest BCUT2D eigenvalue weighted by Gasteiger charge is -2.38. The first kappa shape index (κ1) is 17.5. The van der Waals surface area contributed by atoms with E-state index in [1.54, 1.807) is 7.11 Å². The van der Waals surface area contributed by atoms with Gasteiger partial charge in [0.15, 0.2) is 5.11 Å². The SMILES string of the molecule is COc1ccc2c(c1)C(NC(=S)Nc1cccc(C)c1)CC(C)(C)O2. The summed E-state index contributed by atoms with van der Waals surface area (Å²) in [5.74, 6) is 1.68. The molecule has 2 aromatic carbocycles. The highest BCUT2D eigenvalue weighted by atomic mass is 32.1. The first-order chi connectivity index (χ1) is 11.9. The van der Waals surface area contributed by atoms with E-state index in [2.05, 4.69) is 43.5 Å². The molecule has 132 valence electrons. The van der Waals surface area contributed by atoms with Crippen LogP contribution in [0.3, 0.4) is 0 Å². The van der Waals surface area contributed by atoms with Crippen molar-refractivity contribution in [2.24, 2.45) is 0 Å². The molecule has 0 spiro atoms. The van der Waals surface area contributed by atoms with Crippen molar-refractivity contribution in [3.8, 4) is 11.5 Å². The van der Waals surface area contributed by atoms with Crippen molar-refractivity contribution < 1.29 is 9.47 Å². The van der Waals surface area contributed by atoms with Crippen LogP contribution in [0.2, 0.25) is 0 Å². The van der Waals surface area contributed by atoms with Gasteiger partial charge in [0.2, 0.25) is 0 Å². The average molecular weight is 356 g/mol. The first-order valence-corrected chi connectivity index (χ1v) is 8.78. The van der Waals surface area contributed by atoms with Gasteiger partial charge in [0.25, 0.3) is 0 Å². The topological polar surface area (TPSA) is 42.5 Å². The van der Waals surface area contributed by atoms with Crippen LogP contribution in [0.15, 0.2) is 42.5 Å². The Morgan fingerprint density at radius 1 is 1.24 bits per heavy atom. The van der Waals surface area contributed by atoms with Crippen LogP contribution >= 0.6 is 12.2 Å². The molecule has 0 radical (unpaired) electrons. The fraction of sp³-hybridized carbons (Fsp3) is 0.350. The van der Waals surface area contributed by atoms with E-state index in [-0.39, 0.29) is 11.6 Å². The number of thiocarbonyl (C=S) groups is 1. The summed E-state index contributed by atoms with van der Waals surface area (Å²) in [5.41, 5.74) is 2.97. The van der Waals surface area contributed by atoms with Crippen LogP contribution in [0.25, 0.3) is 0 Å². The number of ether oxygens (including phenoxy) is 2. The Balaban J connectivity index is 1.80. The maximum atomic E-state index is 6.11. The molecule has 4 nitrogen and oxygen atoms in total. The molecule has 2 aromatic rings. The van der Waals surface area contributed by atoms with Gasteiger partial charge >= 0.3 is 0 Å². The minimum Gasteiger partial charge on any atom is -0.497 e. The summed E-state index contributed by atoms with van der Waals surface area (Å²) in [4.78, 5) is 0. The molecular weight excluding hydrogens is 332 g/mol. The van der Waals surface area contributed by atoms with E-state index in [1.807, 2.05) is 30.3 Å². The largest absolute Gasteiger partial charge is 0.497 e.